The van der Waals surface area contributed by atoms with Crippen LogP contribution in [0.3, 0.4) is 0 Å². The molecule has 0 aromatic carbocycles. The second kappa shape index (κ2) is 6.56. The molecule has 1 atom stereocenters. The van der Waals surface area contributed by atoms with Crippen molar-refractivity contribution in [1.82, 2.24) is 4.98 Å². The molecule has 24 heavy (non-hydrogen) atoms. The second-order valence-corrected chi connectivity index (χ2v) is 8.00. The fourth-order valence-corrected chi connectivity index (χ4v) is 3.87. The van der Waals surface area contributed by atoms with Crippen LogP contribution in [0.15, 0.2) is 23.4 Å². The number of anilines is 1. The van der Waals surface area contributed by atoms with Gasteiger partial charge < -0.3 is 9.47 Å². The van der Waals surface area contributed by atoms with Crippen LogP contribution in [0.5, 0.6) is 0 Å². The smallest absolute Gasteiger partial charge is 0.331 e. The molecule has 1 aromatic rings. The Kier molecular flexibility index (Phi) is 4.64. The molecule has 0 saturated carbocycles. The number of pyridine rings is 1. The third-order valence-electron chi connectivity index (χ3n) is 3.58. The summed E-state index contributed by atoms with van der Waals surface area (Å²) in [4.78, 5) is 16.4. The minimum Gasteiger partial charge on any atom is -0.474 e. The number of hydrogen-bond donors (Lipinski definition) is 0. The van der Waals surface area contributed by atoms with Gasteiger partial charge in [0.2, 0.25) is 5.90 Å². The zero-order chi connectivity index (χ0) is 17.3. The summed E-state index contributed by atoms with van der Waals surface area (Å²) in [7, 11) is -3.00. The molecule has 0 amide bonds. The summed E-state index contributed by atoms with van der Waals surface area (Å²) in [5.74, 6) is 0.0375. The topological polar surface area (TPSA) is 98.2 Å². The molecule has 2 aliphatic rings. The maximum absolute atomic E-state index is 12.2. The highest BCUT2D eigenvalue weighted by Gasteiger charge is 2.41. The molecular weight excluding hydrogens is 358 g/mol. The molecule has 0 N–H and O–H groups in total. The van der Waals surface area contributed by atoms with Crippen LogP contribution in [0, 0.1) is 0 Å². The Balaban J connectivity index is 1.81. The van der Waals surface area contributed by atoms with Gasteiger partial charge in [-0.05, 0) is 19.1 Å². The Morgan fingerprint density at radius 1 is 1.46 bits per heavy atom. The van der Waals surface area contributed by atoms with E-state index in [2.05, 4.69) is 10.1 Å². The maximum atomic E-state index is 12.2. The van der Waals surface area contributed by atoms with Crippen LogP contribution < -0.4 is 5.01 Å². The predicted octanol–water partition coefficient (Wildman–Crippen LogP) is 1.00. The minimum absolute atomic E-state index is 0.0412. The average molecular weight is 374 g/mol. The molecule has 0 bridgehead atoms. The molecule has 0 spiro atoms. The molecule has 130 valence electrons. The van der Waals surface area contributed by atoms with E-state index in [0.717, 1.165) is 0 Å². The first kappa shape index (κ1) is 17.0. The van der Waals surface area contributed by atoms with Crippen molar-refractivity contribution >= 4 is 39.1 Å². The number of sulfone groups is 1. The van der Waals surface area contributed by atoms with Crippen LogP contribution in [0.2, 0.25) is 5.02 Å². The molecule has 1 fully saturated rings. The van der Waals surface area contributed by atoms with Gasteiger partial charge in [-0.3, -0.25) is 0 Å². The lowest BCUT2D eigenvalue weighted by Crippen LogP contribution is -2.44. The van der Waals surface area contributed by atoms with Crippen molar-refractivity contribution in [2.24, 2.45) is 5.10 Å². The van der Waals surface area contributed by atoms with Gasteiger partial charge in [-0.25, -0.2) is 23.2 Å². The highest BCUT2D eigenvalue weighted by atomic mass is 35.5. The summed E-state index contributed by atoms with van der Waals surface area (Å²) in [5.41, 5.74) is 0. The number of hydrogen-bond acceptors (Lipinski definition) is 8. The lowest BCUT2D eigenvalue weighted by molar-refractivity contribution is -0.144. The third kappa shape index (κ3) is 3.46. The number of aromatic nitrogens is 1. The summed E-state index contributed by atoms with van der Waals surface area (Å²) in [6.45, 7) is 1.94. The lowest BCUT2D eigenvalue weighted by atomic mass is 10.2. The number of esters is 1. The van der Waals surface area contributed by atoms with Gasteiger partial charge >= 0.3 is 5.97 Å². The minimum atomic E-state index is -3.00. The fraction of sp³-hybridized carbons (Fsp3) is 0.500. The van der Waals surface area contributed by atoms with Crippen LogP contribution in [0.4, 0.5) is 5.82 Å². The van der Waals surface area contributed by atoms with Crippen LogP contribution in [-0.4, -0.2) is 55.5 Å². The van der Waals surface area contributed by atoms with Crippen molar-refractivity contribution < 1.29 is 22.7 Å². The van der Waals surface area contributed by atoms with E-state index in [4.69, 9.17) is 21.1 Å². The Hall–Kier alpha value is -1.87. The molecule has 1 unspecified atom stereocenters. The van der Waals surface area contributed by atoms with Crippen molar-refractivity contribution in [2.75, 3.05) is 23.1 Å². The zero-order valence-electron chi connectivity index (χ0n) is 12.9. The van der Waals surface area contributed by atoms with Crippen molar-refractivity contribution in [3.63, 3.8) is 0 Å². The van der Waals surface area contributed by atoms with E-state index in [-0.39, 0.29) is 30.4 Å². The second-order valence-electron chi connectivity index (χ2n) is 5.44. The van der Waals surface area contributed by atoms with Crippen molar-refractivity contribution in [3.05, 3.63) is 23.4 Å². The highest BCUT2D eigenvalue weighted by molar-refractivity contribution is 7.92. The van der Waals surface area contributed by atoms with Gasteiger partial charge in [0.15, 0.2) is 21.7 Å². The molecule has 10 heteroatoms. The number of hydrazone groups is 1. The number of nitrogens with zero attached hydrogens (tertiary/aromatic N) is 3. The molecule has 8 nitrogen and oxygen atoms in total. The molecule has 1 aromatic heterocycles. The number of halogens is 1. The Morgan fingerprint density at radius 2 is 2.21 bits per heavy atom. The first-order chi connectivity index (χ1) is 11.4. The monoisotopic (exact) mass is 373 g/mol. The number of rotatable bonds is 4. The number of carbonyl (C=O) groups is 1. The van der Waals surface area contributed by atoms with E-state index in [0.29, 0.717) is 10.8 Å². The van der Waals surface area contributed by atoms with Crippen molar-refractivity contribution in [2.45, 2.75) is 25.5 Å². The van der Waals surface area contributed by atoms with Crippen LogP contribution in [-0.2, 0) is 24.1 Å². The predicted molar refractivity (Wildman–Crippen MR) is 87.7 cm³/mol. The van der Waals surface area contributed by atoms with E-state index in [1.165, 1.54) is 11.2 Å². The van der Waals surface area contributed by atoms with Crippen LogP contribution in [0.25, 0.3) is 0 Å². The van der Waals surface area contributed by atoms with E-state index >= 15 is 0 Å². The maximum Gasteiger partial charge on any atom is 0.331 e. The molecule has 2 aliphatic heterocycles. The molecule has 3 rings (SSSR count). The van der Waals surface area contributed by atoms with Gasteiger partial charge in [0.05, 0.1) is 29.6 Å². The SMILES string of the molecule is CCOC(=O)C1CC(OC2CS(=O)(=O)C2)=NN1c1ncccc1Cl. The van der Waals surface area contributed by atoms with E-state index in [9.17, 15) is 13.2 Å². The normalized spacial score (nSPS) is 22.7. The van der Waals surface area contributed by atoms with Crippen LogP contribution >= 0.6 is 11.6 Å². The van der Waals surface area contributed by atoms with E-state index in [1.807, 2.05) is 0 Å². The van der Waals surface area contributed by atoms with Gasteiger partial charge in [0, 0.05) is 6.20 Å². The molecule has 3 heterocycles. The first-order valence-electron chi connectivity index (χ1n) is 7.40. The van der Waals surface area contributed by atoms with Gasteiger partial charge in [-0.1, -0.05) is 11.6 Å². The van der Waals surface area contributed by atoms with E-state index < -0.39 is 28.0 Å². The summed E-state index contributed by atoms with van der Waals surface area (Å²) in [6, 6.07) is 2.56. The summed E-state index contributed by atoms with van der Waals surface area (Å²) in [5, 5.41) is 5.96. The van der Waals surface area contributed by atoms with Gasteiger partial charge in [0.25, 0.3) is 0 Å². The molecule has 1 saturated heterocycles. The van der Waals surface area contributed by atoms with Crippen molar-refractivity contribution in [1.29, 1.82) is 0 Å². The standard InChI is InChI=1S/C14H16ClN3O5S/c1-2-22-14(19)11-6-12(23-9-7-24(20,21)8-9)17-18(11)13-10(15)4-3-5-16-13/h3-5,9,11H,2,6-8H2,1H3. The lowest BCUT2D eigenvalue weighted by Gasteiger charge is -2.25. The quantitative estimate of drug-likeness (QED) is 0.726. The molecular formula is C14H16ClN3O5S. The summed E-state index contributed by atoms with van der Waals surface area (Å²) < 4.78 is 33.1. The fourth-order valence-electron chi connectivity index (χ4n) is 2.49. The first-order valence-corrected chi connectivity index (χ1v) is 9.60. The third-order valence-corrected chi connectivity index (χ3v) is 5.63. The highest BCUT2D eigenvalue weighted by Crippen LogP contribution is 2.30. The zero-order valence-corrected chi connectivity index (χ0v) is 14.5. The molecule has 0 radical (unpaired) electrons. The Bertz CT molecular complexity index is 770. The van der Waals surface area contributed by atoms with E-state index in [1.54, 1.807) is 19.1 Å². The van der Waals surface area contributed by atoms with Gasteiger partial charge in [-0.15, -0.1) is 5.10 Å². The average Bonchev–Trinajstić information content (AvgIpc) is 2.90. The van der Waals surface area contributed by atoms with Crippen molar-refractivity contribution in [3.8, 4) is 0 Å². The summed E-state index contributed by atoms with van der Waals surface area (Å²) in [6.07, 6.45) is 1.27. The largest absolute Gasteiger partial charge is 0.474 e. The Morgan fingerprint density at radius 3 is 2.83 bits per heavy atom. The molecule has 0 aliphatic carbocycles. The van der Waals surface area contributed by atoms with Crippen LogP contribution in [0.1, 0.15) is 13.3 Å². The van der Waals surface area contributed by atoms with Gasteiger partial charge in [0.1, 0.15) is 6.10 Å². The number of carbonyl (C=O) groups excluding carboxylic acids is 1. The Labute approximate surface area is 144 Å². The summed E-state index contributed by atoms with van der Waals surface area (Å²) >= 11 is 6.13. The van der Waals surface area contributed by atoms with Gasteiger partial charge in [-0.2, -0.15) is 0 Å². The number of ether oxygens (including phenoxy) is 2.